The predicted octanol–water partition coefficient (Wildman–Crippen LogP) is 1.25. The normalized spacial score (nSPS) is 10.3. The molecule has 0 atom stereocenters. The van der Waals surface area contributed by atoms with E-state index in [0.717, 1.165) is 11.3 Å². The fourth-order valence-electron chi connectivity index (χ4n) is 1.91. The van der Waals surface area contributed by atoms with Crippen molar-refractivity contribution in [2.75, 3.05) is 12.8 Å². The first-order valence-electron chi connectivity index (χ1n) is 6.22. The fraction of sp³-hybridized carbons (Fsp3) is 0.286. The van der Waals surface area contributed by atoms with Crippen LogP contribution in [0.2, 0.25) is 0 Å². The third-order valence-electron chi connectivity index (χ3n) is 3.31. The van der Waals surface area contributed by atoms with Crippen LogP contribution in [0.15, 0.2) is 24.4 Å². The van der Waals surface area contributed by atoms with Gasteiger partial charge in [-0.2, -0.15) is 5.10 Å². The molecule has 6 heteroatoms. The highest BCUT2D eigenvalue weighted by Crippen LogP contribution is 2.24. The van der Waals surface area contributed by atoms with Crippen molar-refractivity contribution < 1.29 is 9.53 Å². The van der Waals surface area contributed by atoms with Gasteiger partial charge in [0.2, 0.25) is 0 Å². The van der Waals surface area contributed by atoms with Crippen LogP contribution in [0.25, 0.3) is 0 Å². The smallest absolute Gasteiger partial charge is 0.253 e. The molecule has 3 N–H and O–H groups in total. The van der Waals surface area contributed by atoms with Crippen LogP contribution in [0, 0.1) is 6.92 Å². The lowest BCUT2D eigenvalue weighted by molar-refractivity contribution is 0.0951. The zero-order valence-electron chi connectivity index (χ0n) is 11.8. The largest absolute Gasteiger partial charge is 0.495 e. The number of nitrogens with zero attached hydrogens (tertiary/aromatic N) is 2. The Balaban J connectivity index is 2.11. The summed E-state index contributed by atoms with van der Waals surface area (Å²) < 4.78 is 6.87. The first-order chi connectivity index (χ1) is 9.54. The molecule has 0 spiro atoms. The summed E-state index contributed by atoms with van der Waals surface area (Å²) in [5.41, 5.74) is 8.64. The average Bonchev–Trinajstić information content (AvgIpc) is 2.76. The lowest BCUT2D eigenvalue weighted by atomic mass is 10.1. The summed E-state index contributed by atoms with van der Waals surface area (Å²) in [5, 5.41) is 6.97. The van der Waals surface area contributed by atoms with Crippen LogP contribution in [0.5, 0.6) is 5.75 Å². The number of hydrogen-bond donors (Lipinski definition) is 2. The maximum Gasteiger partial charge on any atom is 0.253 e. The standard InChI is InChI=1S/C14H18N4O2/c1-9-10(8-17-18(9)2)7-16-14(19)11-5-4-6-12(20-3)13(11)15/h4-6,8H,7,15H2,1-3H3,(H,16,19). The van der Waals surface area contributed by atoms with Gasteiger partial charge in [0.25, 0.3) is 5.91 Å². The number of hydrogen-bond acceptors (Lipinski definition) is 4. The first-order valence-corrected chi connectivity index (χ1v) is 6.22. The van der Waals surface area contributed by atoms with E-state index in [-0.39, 0.29) is 5.91 Å². The lowest BCUT2D eigenvalue weighted by Crippen LogP contribution is -2.24. The number of nitrogen functional groups attached to an aromatic ring is 1. The van der Waals surface area contributed by atoms with Crippen molar-refractivity contribution in [2.24, 2.45) is 7.05 Å². The number of benzene rings is 1. The SMILES string of the molecule is COc1cccc(C(=O)NCc2cnn(C)c2C)c1N. The molecular weight excluding hydrogens is 256 g/mol. The van der Waals surface area contributed by atoms with Crippen LogP contribution >= 0.6 is 0 Å². The molecule has 20 heavy (non-hydrogen) atoms. The van der Waals surface area contributed by atoms with Gasteiger partial charge in [-0.25, -0.2) is 0 Å². The number of aryl methyl sites for hydroxylation is 1. The molecule has 0 saturated heterocycles. The minimum atomic E-state index is -0.232. The molecule has 0 saturated carbocycles. The predicted molar refractivity (Wildman–Crippen MR) is 76.5 cm³/mol. The summed E-state index contributed by atoms with van der Waals surface area (Å²) in [6.45, 7) is 2.36. The van der Waals surface area contributed by atoms with Crippen molar-refractivity contribution in [1.82, 2.24) is 15.1 Å². The van der Waals surface area contributed by atoms with Crippen LogP contribution in [-0.2, 0) is 13.6 Å². The number of anilines is 1. The second-order valence-electron chi connectivity index (χ2n) is 4.48. The van der Waals surface area contributed by atoms with Gasteiger partial charge in [0.05, 0.1) is 24.6 Å². The van der Waals surface area contributed by atoms with Gasteiger partial charge in [0.1, 0.15) is 5.75 Å². The molecule has 2 aromatic rings. The number of rotatable bonds is 4. The lowest BCUT2D eigenvalue weighted by Gasteiger charge is -2.10. The molecule has 2 rings (SSSR count). The monoisotopic (exact) mass is 274 g/mol. The summed E-state index contributed by atoms with van der Waals surface area (Å²) in [7, 11) is 3.38. The van der Waals surface area contributed by atoms with E-state index in [4.69, 9.17) is 10.5 Å². The van der Waals surface area contributed by atoms with Crippen LogP contribution in [0.1, 0.15) is 21.6 Å². The Morgan fingerprint density at radius 3 is 2.85 bits per heavy atom. The maximum atomic E-state index is 12.2. The second-order valence-corrected chi connectivity index (χ2v) is 4.48. The Labute approximate surface area is 117 Å². The van der Waals surface area contributed by atoms with E-state index >= 15 is 0 Å². The minimum absolute atomic E-state index is 0.232. The fourth-order valence-corrected chi connectivity index (χ4v) is 1.91. The summed E-state index contributed by atoms with van der Waals surface area (Å²) in [6.07, 6.45) is 1.74. The zero-order chi connectivity index (χ0) is 14.7. The van der Waals surface area contributed by atoms with Crippen LogP contribution in [0.4, 0.5) is 5.69 Å². The Bertz CT molecular complexity index is 634. The van der Waals surface area contributed by atoms with E-state index < -0.39 is 0 Å². The topological polar surface area (TPSA) is 82.2 Å². The number of ether oxygens (including phenoxy) is 1. The number of nitrogens with one attached hydrogen (secondary N) is 1. The number of carbonyl (C=O) groups is 1. The highest BCUT2D eigenvalue weighted by atomic mass is 16.5. The van der Waals surface area contributed by atoms with Crippen molar-refractivity contribution in [3.8, 4) is 5.75 Å². The van der Waals surface area contributed by atoms with Crippen molar-refractivity contribution >= 4 is 11.6 Å². The molecule has 0 bridgehead atoms. The van der Waals surface area contributed by atoms with Crippen molar-refractivity contribution in [3.63, 3.8) is 0 Å². The number of para-hydroxylation sites is 1. The third-order valence-corrected chi connectivity index (χ3v) is 3.31. The third kappa shape index (κ3) is 2.59. The minimum Gasteiger partial charge on any atom is -0.495 e. The number of amides is 1. The highest BCUT2D eigenvalue weighted by Gasteiger charge is 2.13. The maximum absolute atomic E-state index is 12.2. The molecule has 0 fully saturated rings. The van der Waals surface area contributed by atoms with Crippen LogP contribution in [0.3, 0.4) is 0 Å². The second kappa shape index (κ2) is 5.64. The van der Waals surface area contributed by atoms with Gasteiger partial charge in [-0.05, 0) is 19.1 Å². The molecule has 6 nitrogen and oxygen atoms in total. The molecule has 1 aromatic carbocycles. The van der Waals surface area contributed by atoms with E-state index in [2.05, 4.69) is 10.4 Å². The Morgan fingerprint density at radius 2 is 2.25 bits per heavy atom. The Morgan fingerprint density at radius 1 is 1.50 bits per heavy atom. The summed E-state index contributed by atoms with van der Waals surface area (Å²) in [5.74, 6) is 0.264. The van der Waals surface area contributed by atoms with E-state index in [0.29, 0.717) is 23.5 Å². The number of methoxy groups -OCH3 is 1. The average molecular weight is 274 g/mol. The highest BCUT2D eigenvalue weighted by molar-refractivity contribution is 6.00. The van der Waals surface area contributed by atoms with Gasteiger partial charge < -0.3 is 15.8 Å². The van der Waals surface area contributed by atoms with Gasteiger partial charge in [-0.3, -0.25) is 9.48 Å². The van der Waals surface area contributed by atoms with Gasteiger partial charge in [-0.1, -0.05) is 6.07 Å². The van der Waals surface area contributed by atoms with E-state index in [1.165, 1.54) is 7.11 Å². The summed E-state index contributed by atoms with van der Waals surface area (Å²) in [6, 6.07) is 5.13. The molecule has 1 aromatic heterocycles. The zero-order valence-corrected chi connectivity index (χ0v) is 11.8. The van der Waals surface area contributed by atoms with Crippen molar-refractivity contribution in [2.45, 2.75) is 13.5 Å². The molecule has 1 heterocycles. The quantitative estimate of drug-likeness (QED) is 0.822. The summed E-state index contributed by atoms with van der Waals surface area (Å²) in [4.78, 5) is 12.2. The number of aromatic nitrogens is 2. The molecule has 106 valence electrons. The number of nitrogens with two attached hydrogens (primary N) is 1. The molecule has 0 aliphatic carbocycles. The molecule has 0 unspecified atom stereocenters. The van der Waals surface area contributed by atoms with Crippen LogP contribution < -0.4 is 15.8 Å². The van der Waals surface area contributed by atoms with E-state index in [1.54, 1.807) is 29.1 Å². The molecule has 0 aliphatic heterocycles. The summed E-state index contributed by atoms with van der Waals surface area (Å²) >= 11 is 0. The van der Waals surface area contributed by atoms with Crippen LogP contribution in [-0.4, -0.2) is 22.8 Å². The van der Waals surface area contributed by atoms with Gasteiger partial charge in [0, 0.05) is 24.8 Å². The Kier molecular flexibility index (Phi) is 3.93. The van der Waals surface area contributed by atoms with E-state index in [9.17, 15) is 4.79 Å². The van der Waals surface area contributed by atoms with Gasteiger partial charge in [-0.15, -0.1) is 0 Å². The van der Waals surface area contributed by atoms with Gasteiger partial charge >= 0.3 is 0 Å². The molecular formula is C14H18N4O2. The number of carbonyl (C=O) groups excluding carboxylic acids is 1. The first kappa shape index (κ1) is 13.9. The van der Waals surface area contributed by atoms with Crippen molar-refractivity contribution in [1.29, 1.82) is 0 Å². The van der Waals surface area contributed by atoms with Gasteiger partial charge in [0.15, 0.2) is 0 Å². The molecule has 1 amide bonds. The van der Waals surface area contributed by atoms with Crippen molar-refractivity contribution in [3.05, 3.63) is 41.2 Å². The molecule has 0 aliphatic rings. The molecule has 0 radical (unpaired) electrons. The van der Waals surface area contributed by atoms with E-state index in [1.807, 2.05) is 14.0 Å². The Hall–Kier alpha value is -2.50.